The number of hydrogen-bond acceptors (Lipinski definition) is 5. The predicted octanol–water partition coefficient (Wildman–Crippen LogP) is 2.60. The van der Waals surface area contributed by atoms with Crippen molar-refractivity contribution in [2.24, 2.45) is 5.16 Å². The van der Waals surface area contributed by atoms with Gasteiger partial charge >= 0.3 is 0 Å². The van der Waals surface area contributed by atoms with E-state index in [1.54, 1.807) is 12.1 Å². The summed E-state index contributed by atoms with van der Waals surface area (Å²) in [6.07, 6.45) is 3.77. The second-order valence-corrected chi connectivity index (χ2v) is 5.49. The molecule has 0 saturated carbocycles. The maximum absolute atomic E-state index is 12.1. The lowest BCUT2D eigenvalue weighted by Crippen LogP contribution is -2.42. The number of carbonyl (C=O) groups is 1. The van der Waals surface area contributed by atoms with E-state index < -0.39 is 0 Å². The van der Waals surface area contributed by atoms with Gasteiger partial charge in [-0.2, -0.15) is 0 Å². The first-order valence-corrected chi connectivity index (χ1v) is 7.93. The van der Waals surface area contributed by atoms with Crippen molar-refractivity contribution in [3.8, 4) is 0 Å². The van der Waals surface area contributed by atoms with Crippen LogP contribution < -0.4 is 10.6 Å². The summed E-state index contributed by atoms with van der Waals surface area (Å²) >= 11 is 5.75. The molecule has 1 aromatic rings. The third-order valence-electron chi connectivity index (χ3n) is 3.58. The molecule has 0 aromatic carbocycles. The molecule has 0 radical (unpaired) electrons. The Hall–Kier alpha value is -1.66. The molecule has 1 spiro atoms. The van der Waals surface area contributed by atoms with Crippen molar-refractivity contribution in [1.29, 1.82) is 0 Å². The number of aromatic nitrogens is 1. The number of pyridine rings is 1. The van der Waals surface area contributed by atoms with Crippen molar-refractivity contribution in [2.45, 2.75) is 38.7 Å². The van der Waals surface area contributed by atoms with E-state index in [0.29, 0.717) is 23.0 Å². The minimum absolute atomic E-state index is 0.268. The highest BCUT2D eigenvalue weighted by Gasteiger charge is 2.42. The summed E-state index contributed by atoms with van der Waals surface area (Å²) in [7, 11) is 0. The Morgan fingerprint density at radius 2 is 2.09 bits per heavy atom. The molecule has 0 unspecified atom stereocenters. The van der Waals surface area contributed by atoms with Crippen LogP contribution in [-0.2, 0) is 9.63 Å². The predicted molar refractivity (Wildman–Crippen MR) is 87.2 cm³/mol. The molecule has 0 aliphatic carbocycles. The lowest BCUT2D eigenvalue weighted by molar-refractivity contribution is -0.110. The Kier molecular flexibility index (Phi) is 5.74. The Balaban J connectivity index is 0.000000847. The summed E-state index contributed by atoms with van der Waals surface area (Å²) in [5, 5.41) is 10.4. The van der Waals surface area contributed by atoms with Gasteiger partial charge in [0.15, 0.2) is 0 Å². The van der Waals surface area contributed by atoms with Crippen LogP contribution in [0.15, 0.2) is 23.5 Å². The van der Waals surface area contributed by atoms with Crippen LogP contribution in [0, 0.1) is 0 Å². The Morgan fingerprint density at radius 3 is 2.73 bits per heavy atom. The molecule has 22 heavy (non-hydrogen) atoms. The fourth-order valence-corrected chi connectivity index (χ4v) is 2.54. The summed E-state index contributed by atoms with van der Waals surface area (Å²) in [5.74, 6) is 0.184. The fourth-order valence-electron chi connectivity index (χ4n) is 2.43. The molecule has 6 nitrogen and oxygen atoms in total. The monoisotopic (exact) mass is 324 g/mol. The molecule has 0 atom stereocenters. The van der Waals surface area contributed by atoms with Gasteiger partial charge < -0.3 is 15.5 Å². The van der Waals surface area contributed by atoms with Gasteiger partial charge in [-0.05, 0) is 25.2 Å². The number of rotatable bonds is 2. The number of hydrogen-bond donors (Lipinski definition) is 2. The Bertz CT molecular complexity index is 539. The maximum Gasteiger partial charge on any atom is 0.274 e. The summed E-state index contributed by atoms with van der Waals surface area (Å²) < 4.78 is 0. The highest BCUT2D eigenvalue weighted by atomic mass is 35.5. The molecule has 2 N–H and O–H groups in total. The van der Waals surface area contributed by atoms with Crippen LogP contribution in [0.4, 0.5) is 5.82 Å². The van der Waals surface area contributed by atoms with E-state index in [-0.39, 0.29) is 11.5 Å². The van der Waals surface area contributed by atoms with Gasteiger partial charge in [0, 0.05) is 25.5 Å². The topological polar surface area (TPSA) is 75.6 Å². The van der Waals surface area contributed by atoms with Crippen LogP contribution in [0.25, 0.3) is 0 Å². The molecule has 3 rings (SSSR count). The van der Waals surface area contributed by atoms with E-state index in [1.807, 2.05) is 13.8 Å². The van der Waals surface area contributed by atoms with Gasteiger partial charge in [0.25, 0.3) is 5.91 Å². The van der Waals surface area contributed by atoms with Gasteiger partial charge in [0.05, 0.1) is 5.02 Å². The summed E-state index contributed by atoms with van der Waals surface area (Å²) in [5.41, 5.74) is 0.120. The van der Waals surface area contributed by atoms with Gasteiger partial charge in [0.2, 0.25) is 0 Å². The Labute approximate surface area is 135 Å². The van der Waals surface area contributed by atoms with Crippen LogP contribution in [0.1, 0.15) is 33.1 Å². The van der Waals surface area contributed by atoms with E-state index in [9.17, 15) is 4.79 Å². The number of nitrogens with zero attached hydrogens (tertiary/aromatic N) is 2. The second-order valence-electron chi connectivity index (χ2n) is 5.05. The lowest BCUT2D eigenvalue weighted by atomic mass is 9.87. The molecule has 2 aliphatic heterocycles. The zero-order valence-corrected chi connectivity index (χ0v) is 13.6. The number of piperidine rings is 1. The van der Waals surface area contributed by atoms with Crippen LogP contribution in [-0.4, -0.2) is 35.3 Å². The second kappa shape index (κ2) is 7.56. The van der Waals surface area contributed by atoms with Gasteiger partial charge in [-0.25, -0.2) is 4.98 Å². The zero-order chi connectivity index (χ0) is 16.0. The first-order valence-electron chi connectivity index (χ1n) is 7.56. The van der Waals surface area contributed by atoms with Gasteiger partial charge in [0.1, 0.15) is 17.1 Å². The van der Waals surface area contributed by atoms with E-state index in [1.165, 1.54) is 6.20 Å². The standard InChI is InChI=1S/C13H15ClN4O2.C2H6/c14-9-1-2-11(16-8-9)17-12(19)10-7-13(20-18-10)3-5-15-6-4-13;1-2/h1-2,8,15H,3-7H2,(H,16,17,19);1-2H3. The first-order chi connectivity index (χ1) is 10.7. The normalized spacial score (nSPS) is 18.8. The molecule has 1 saturated heterocycles. The van der Waals surface area contributed by atoms with Crippen LogP contribution in [0.5, 0.6) is 0 Å². The van der Waals surface area contributed by atoms with Gasteiger partial charge in [-0.1, -0.05) is 30.6 Å². The zero-order valence-electron chi connectivity index (χ0n) is 12.9. The number of carbonyl (C=O) groups excluding carboxylic acids is 1. The highest BCUT2D eigenvalue weighted by Crippen LogP contribution is 2.32. The smallest absolute Gasteiger partial charge is 0.274 e. The number of anilines is 1. The maximum atomic E-state index is 12.1. The van der Waals surface area contributed by atoms with E-state index in [2.05, 4.69) is 20.8 Å². The van der Waals surface area contributed by atoms with Crippen molar-refractivity contribution in [2.75, 3.05) is 18.4 Å². The van der Waals surface area contributed by atoms with Crippen molar-refractivity contribution in [3.05, 3.63) is 23.4 Å². The Morgan fingerprint density at radius 1 is 1.36 bits per heavy atom. The SMILES string of the molecule is CC.O=C(Nc1ccc(Cl)cn1)C1=NOC2(CCNCC2)C1. The molecular weight excluding hydrogens is 304 g/mol. The van der Waals surface area contributed by atoms with Crippen molar-refractivity contribution in [3.63, 3.8) is 0 Å². The highest BCUT2D eigenvalue weighted by molar-refractivity contribution is 6.43. The quantitative estimate of drug-likeness (QED) is 0.876. The molecule has 2 aliphatic rings. The molecule has 120 valence electrons. The average Bonchev–Trinajstić information content (AvgIpc) is 2.96. The summed E-state index contributed by atoms with van der Waals surface area (Å²) in [6.45, 7) is 5.78. The van der Waals surface area contributed by atoms with Crippen LogP contribution >= 0.6 is 11.6 Å². The molecule has 1 aromatic heterocycles. The molecule has 1 fully saturated rings. The minimum atomic E-state index is -0.300. The number of oxime groups is 1. The summed E-state index contributed by atoms with van der Waals surface area (Å²) in [6, 6.07) is 3.32. The van der Waals surface area contributed by atoms with Crippen molar-refractivity contribution >= 4 is 29.0 Å². The van der Waals surface area contributed by atoms with Crippen LogP contribution in [0.3, 0.4) is 0 Å². The lowest BCUT2D eigenvalue weighted by Gasteiger charge is -2.30. The van der Waals surface area contributed by atoms with Crippen molar-refractivity contribution in [1.82, 2.24) is 10.3 Å². The van der Waals surface area contributed by atoms with Gasteiger partial charge in [-0.3, -0.25) is 4.79 Å². The first kappa shape index (κ1) is 16.7. The van der Waals surface area contributed by atoms with Crippen LogP contribution in [0.2, 0.25) is 5.02 Å². The number of nitrogens with one attached hydrogen (secondary N) is 2. The van der Waals surface area contributed by atoms with Crippen molar-refractivity contribution < 1.29 is 9.63 Å². The largest absolute Gasteiger partial charge is 0.388 e. The number of amides is 1. The minimum Gasteiger partial charge on any atom is -0.388 e. The van der Waals surface area contributed by atoms with E-state index in [4.69, 9.17) is 16.4 Å². The fraction of sp³-hybridized carbons (Fsp3) is 0.533. The average molecular weight is 325 g/mol. The molecule has 7 heteroatoms. The molecule has 0 bridgehead atoms. The van der Waals surface area contributed by atoms with E-state index >= 15 is 0 Å². The summed E-state index contributed by atoms with van der Waals surface area (Å²) in [4.78, 5) is 21.7. The molecule has 1 amide bonds. The van der Waals surface area contributed by atoms with Gasteiger partial charge in [-0.15, -0.1) is 0 Å². The third-order valence-corrected chi connectivity index (χ3v) is 3.81. The molecular formula is C15H21ClN4O2. The third kappa shape index (κ3) is 3.96. The molecule has 3 heterocycles. The number of halogens is 1. The van der Waals surface area contributed by atoms with E-state index in [0.717, 1.165) is 25.9 Å².